The molecule has 0 aromatic carbocycles. The molecule has 13 heavy (non-hydrogen) atoms. The Morgan fingerprint density at radius 3 is 2.92 bits per heavy atom. The third-order valence-electron chi connectivity index (χ3n) is 1.14. The van der Waals surface area contributed by atoms with Crippen molar-refractivity contribution >= 4 is 17.5 Å². The Hall–Kier alpha value is -1.36. The van der Waals surface area contributed by atoms with Gasteiger partial charge in [-0.3, -0.25) is 0 Å². The quantitative estimate of drug-likeness (QED) is 0.739. The summed E-state index contributed by atoms with van der Waals surface area (Å²) in [7, 11) is 1.68. The van der Waals surface area contributed by atoms with Crippen molar-refractivity contribution in [2.45, 2.75) is 0 Å². The van der Waals surface area contributed by atoms with E-state index in [9.17, 15) is 0 Å². The van der Waals surface area contributed by atoms with Gasteiger partial charge in [-0.2, -0.15) is 15.0 Å². The van der Waals surface area contributed by atoms with Crippen molar-refractivity contribution in [3.05, 3.63) is 17.9 Å². The number of ether oxygens (including phenoxy) is 1. The Morgan fingerprint density at radius 1 is 1.54 bits per heavy atom. The third kappa shape index (κ3) is 2.87. The molecule has 0 radical (unpaired) electrons. The van der Waals surface area contributed by atoms with Crippen molar-refractivity contribution in [2.24, 2.45) is 0 Å². The highest BCUT2D eigenvalue weighted by Crippen LogP contribution is 2.10. The molecule has 1 rings (SSSR count). The zero-order valence-corrected chi connectivity index (χ0v) is 7.88. The minimum Gasteiger partial charge on any atom is -0.459 e. The Labute approximate surface area is 80.8 Å². The number of aromatic nitrogens is 3. The summed E-state index contributed by atoms with van der Waals surface area (Å²) in [4.78, 5) is 11.4. The maximum absolute atomic E-state index is 5.60. The maximum atomic E-state index is 5.60. The molecule has 70 valence electrons. The second-order valence-electron chi connectivity index (χ2n) is 2.06. The van der Waals surface area contributed by atoms with Gasteiger partial charge in [-0.1, -0.05) is 12.7 Å². The van der Waals surface area contributed by atoms with Crippen LogP contribution in [-0.4, -0.2) is 28.6 Å². The number of halogens is 1. The summed E-state index contributed by atoms with van der Waals surface area (Å²) in [6.07, 6.45) is 1.59. The highest BCUT2D eigenvalue weighted by Gasteiger charge is 2.03. The van der Waals surface area contributed by atoms with Crippen LogP contribution in [0.3, 0.4) is 0 Å². The SMILES string of the molecule is C=CCOc1nc(Cl)nc(NC)n1. The van der Waals surface area contributed by atoms with Crippen LogP contribution in [0.2, 0.25) is 5.28 Å². The van der Waals surface area contributed by atoms with Gasteiger partial charge in [0.15, 0.2) is 0 Å². The molecule has 0 amide bonds. The summed E-state index contributed by atoms with van der Waals surface area (Å²) >= 11 is 5.60. The van der Waals surface area contributed by atoms with Crippen LogP contribution in [0.25, 0.3) is 0 Å². The first kappa shape index (κ1) is 9.73. The zero-order valence-electron chi connectivity index (χ0n) is 7.12. The Bertz CT molecular complexity index is 305. The molecule has 1 N–H and O–H groups in total. The van der Waals surface area contributed by atoms with E-state index >= 15 is 0 Å². The normalized spacial score (nSPS) is 9.38. The predicted molar refractivity (Wildman–Crippen MR) is 50.1 cm³/mol. The lowest BCUT2D eigenvalue weighted by Crippen LogP contribution is -2.03. The van der Waals surface area contributed by atoms with E-state index in [-0.39, 0.29) is 11.3 Å². The van der Waals surface area contributed by atoms with E-state index in [1.165, 1.54) is 0 Å². The molecule has 6 heteroatoms. The molecule has 0 aliphatic rings. The Morgan fingerprint density at radius 2 is 2.31 bits per heavy atom. The number of nitrogens with one attached hydrogen (secondary N) is 1. The highest BCUT2D eigenvalue weighted by atomic mass is 35.5. The van der Waals surface area contributed by atoms with Gasteiger partial charge in [0.2, 0.25) is 11.2 Å². The average Bonchev–Trinajstić information content (AvgIpc) is 2.14. The van der Waals surface area contributed by atoms with Gasteiger partial charge in [-0.25, -0.2) is 0 Å². The van der Waals surface area contributed by atoms with Crippen LogP contribution in [0, 0.1) is 0 Å². The van der Waals surface area contributed by atoms with Crippen LogP contribution in [-0.2, 0) is 0 Å². The largest absolute Gasteiger partial charge is 0.459 e. The second-order valence-corrected chi connectivity index (χ2v) is 2.40. The number of anilines is 1. The summed E-state index contributed by atoms with van der Waals surface area (Å²) in [6.45, 7) is 3.83. The topological polar surface area (TPSA) is 59.9 Å². The number of hydrogen-bond acceptors (Lipinski definition) is 5. The van der Waals surface area contributed by atoms with Crippen molar-refractivity contribution in [2.75, 3.05) is 19.0 Å². The summed E-state index contributed by atoms with van der Waals surface area (Å²) < 4.78 is 5.07. The first-order valence-corrected chi connectivity index (χ1v) is 3.97. The van der Waals surface area contributed by atoms with Gasteiger partial charge in [-0.15, -0.1) is 0 Å². The molecule has 0 aliphatic heterocycles. The molecule has 0 aliphatic carbocycles. The lowest BCUT2D eigenvalue weighted by molar-refractivity contribution is 0.332. The molecule has 5 nitrogen and oxygen atoms in total. The van der Waals surface area contributed by atoms with Crippen LogP contribution in [0.1, 0.15) is 0 Å². The molecular weight excluding hydrogens is 192 g/mol. The van der Waals surface area contributed by atoms with E-state index in [0.29, 0.717) is 12.6 Å². The molecule has 0 spiro atoms. The lowest BCUT2D eigenvalue weighted by Gasteiger charge is -2.02. The average molecular weight is 201 g/mol. The molecule has 0 bridgehead atoms. The fourth-order valence-corrected chi connectivity index (χ4v) is 0.794. The van der Waals surface area contributed by atoms with Crippen LogP contribution in [0.15, 0.2) is 12.7 Å². The van der Waals surface area contributed by atoms with Crippen LogP contribution < -0.4 is 10.1 Å². The minimum absolute atomic E-state index is 0.0958. The number of nitrogens with zero attached hydrogens (tertiary/aromatic N) is 3. The fraction of sp³-hybridized carbons (Fsp3) is 0.286. The summed E-state index contributed by atoms with van der Waals surface area (Å²) in [5.74, 6) is 0.374. The summed E-state index contributed by atoms with van der Waals surface area (Å²) in [5.41, 5.74) is 0. The van der Waals surface area contributed by atoms with E-state index in [4.69, 9.17) is 16.3 Å². The minimum atomic E-state index is 0.0958. The van der Waals surface area contributed by atoms with Crippen LogP contribution in [0.5, 0.6) is 6.01 Å². The first-order chi connectivity index (χ1) is 6.26. The first-order valence-electron chi connectivity index (χ1n) is 3.59. The van der Waals surface area contributed by atoms with Gasteiger partial charge in [-0.05, 0) is 11.6 Å². The van der Waals surface area contributed by atoms with E-state index < -0.39 is 0 Å². The predicted octanol–water partition coefficient (Wildman–Crippen LogP) is 1.13. The second kappa shape index (κ2) is 4.61. The smallest absolute Gasteiger partial charge is 0.322 e. The molecule has 0 unspecified atom stereocenters. The maximum Gasteiger partial charge on any atom is 0.322 e. The highest BCUT2D eigenvalue weighted by molar-refractivity contribution is 6.28. The standard InChI is InChI=1S/C7H9ClN4O/c1-3-4-13-7-11-5(8)10-6(9-2)12-7/h3H,1,4H2,2H3,(H,9,10,11,12). The van der Waals surface area contributed by atoms with Crippen LogP contribution in [0.4, 0.5) is 5.95 Å². The van der Waals surface area contributed by atoms with Crippen molar-refractivity contribution in [1.29, 1.82) is 0 Å². The third-order valence-corrected chi connectivity index (χ3v) is 1.31. The van der Waals surface area contributed by atoms with Gasteiger partial charge in [0, 0.05) is 7.05 Å². The van der Waals surface area contributed by atoms with Crippen LogP contribution >= 0.6 is 11.6 Å². The van der Waals surface area contributed by atoms with Crippen molar-refractivity contribution in [3.63, 3.8) is 0 Å². The monoisotopic (exact) mass is 200 g/mol. The molecule has 0 atom stereocenters. The van der Waals surface area contributed by atoms with Crippen molar-refractivity contribution in [1.82, 2.24) is 15.0 Å². The fourth-order valence-electron chi connectivity index (χ4n) is 0.642. The van der Waals surface area contributed by atoms with E-state index in [2.05, 4.69) is 26.8 Å². The van der Waals surface area contributed by atoms with E-state index in [1.54, 1.807) is 13.1 Å². The number of rotatable bonds is 4. The van der Waals surface area contributed by atoms with Crippen molar-refractivity contribution < 1.29 is 4.74 Å². The lowest BCUT2D eigenvalue weighted by atomic mass is 10.7. The summed E-state index contributed by atoms with van der Waals surface area (Å²) in [6, 6.07) is 0.184. The molecule has 0 saturated heterocycles. The van der Waals surface area contributed by atoms with Gasteiger partial charge in [0.1, 0.15) is 6.61 Å². The summed E-state index contributed by atoms with van der Waals surface area (Å²) in [5, 5.41) is 2.83. The molecule has 1 heterocycles. The van der Waals surface area contributed by atoms with Gasteiger partial charge < -0.3 is 10.1 Å². The van der Waals surface area contributed by atoms with E-state index in [1.807, 2.05) is 0 Å². The van der Waals surface area contributed by atoms with E-state index in [0.717, 1.165) is 0 Å². The van der Waals surface area contributed by atoms with Crippen molar-refractivity contribution in [3.8, 4) is 6.01 Å². The Balaban J connectivity index is 2.81. The number of hydrogen-bond donors (Lipinski definition) is 1. The molecule has 0 fully saturated rings. The van der Waals surface area contributed by atoms with Gasteiger partial charge >= 0.3 is 6.01 Å². The molecule has 1 aromatic heterocycles. The van der Waals surface area contributed by atoms with Gasteiger partial charge in [0.25, 0.3) is 0 Å². The molecular formula is C7H9ClN4O. The molecule has 0 saturated carbocycles. The zero-order chi connectivity index (χ0) is 9.68. The molecule has 1 aromatic rings. The van der Waals surface area contributed by atoms with Gasteiger partial charge in [0.05, 0.1) is 0 Å². The Kier molecular flexibility index (Phi) is 3.45.